The smallest absolute Gasteiger partial charge is 0.118 e. The highest BCUT2D eigenvalue weighted by Crippen LogP contribution is 2.16. The van der Waals surface area contributed by atoms with E-state index in [2.05, 4.69) is 35.0 Å². The van der Waals surface area contributed by atoms with Crippen molar-refractivity contribution in [3.63, 3.8) is 0 Å². The quantitative estimate of drug-likeness (QED) is 0.729. The van der Waals surface area contributed by atoms with E-state index >= 15 is 0 Å². The number of hydrogen-bond donors (Lipinski definition) is 0. The van der Waals surface area contributed by atoms with Crippen molar-refractivity contribution in [1.82, 2.24) is 0 Å². The molecule has 1 nitrogen and oxygen atoms in total. The molecule has 78 valence electrons. The highest BCUT2D eigenvalue weighted by Gasteiger charge is 2.01. The molecule has 1 aromatic carbocycles. The Balaban J connectivity index is 2.43. The summed E-state index contributed by atoms with van der Waals surface area (Å²) in [4.78, 5) is 0.643. The van der Waals surface area contributed by atoms with Crippen LogP contribution in [0.2, 0.25) is 0 Å². The molecule has 0 aliphatic rings. The van der Waals surface area contributed by atoms with E-state index in [4.69, 9.17) is 4.74 Å². The predicted molar refractivity (Wildman–Crippen MR) is 64.3 cm³/mol. The summed E-state index contributed by atoms with van der Waals surface area (Å²) < 4.78 is 5.11. The summed E-state index contributed by atoms with van der Waals surface area (Å²) >= 11 is 3.64. The van der Waals surface area contributed by atoms with Crippen LogP contribution in [0.1, 0.15) is 25.3 Å². The molecule has 1 aromatic rings. The van der Waals surface area contributed by atoms with Gasteiger partial charge in [0.15, 0.2) is 0 Å². The zero-order chi connectivity index (χ0) is 10.4. The first kappa shape index (κ1) is 11.6. The number of benzene rings is 1. The van der Waals surface area contributed by atoms with Gasteiger partial charge in [-0.1, -0.05) is 35.0 Å². The Morgan fingerprint density at radius 1 is 1.29 bits per heavy atom. The average Bonchev–Trinajstić information content (AvgIpc) is 2.26. The monoisotopic (exact) mass is 256 g/mol. The lowest BCUT2D eigenvalue weighted by atomic mass is 10.1. The van der Waals surface area contributed by atoms with E-state index in [1.54, 1.807) is 7.11 Å². The first-order valence-electron chi connectivity index (χ1n) is 5.03. The van der Waals surface area contributed by atoms with Gasteiger partial charge in [-0.2, -0.15) is 0 Å². The second-order valence-corrected chi connectivity index (χ2v) is 4.69. The van der Waals surface area contributed by atoms with Crippen LogP contribution in [0.5, 0.6) is 5.75 Å². The summed E-state index contributed by atoms with van der Waals surface area (Å²) in [6, 6.07) is 8.30. The van der Waals surface area contributed by atoms with Crippen LogP contribution in [0.15, 0.2) is 24.3 Å². The molecule has 0 aromatic heterocycles. The number of ether oxygens (including phenoxy) is 1. The van der Waals surface area contributed by atoms with Gasteiger partial charge in [0.1, 0.15) is 5.75 Å². The standard InChI is InChI=1S/C12H17BrO/c1-3-11(13)7-4-10-5-8-12(14-2)9-6-10/h5-6,8-9,11H,3-4,7H2,1-2H3. The molecule has 0 saturated heterocycles. The first-order chi connectivity index (χ1) is 6.76. The van der Waals surface area contributed by atoms with Gasteiger partial charge in [-0.05, 0) is 37.0 Å². The molecule has 0 radical (unpaired) electrons. The summed E-state index contributed by atoms with van der Waals surface area (Å²) in [7, 11) is 1.70. The maximum Gasteiger partial charge on any atom is 0.118 e. The maximum atomic E-state index is 5.11. The van der Waals surface area contributed by atoms with Crippen molar-refractivity contribution in [2.75, 3.05) is 7.11 Å². The fourth-order valence-corrected chi connectivity index (χ4v) is 1.55. The predicted octanol–water partition coefficient (Wildman–Crippen LogP) is 3.80. The highest BCUT2D eigenvalue weighted by molar-refractivity contribution is 9.09. The lowest BCUT2D eigenvalue weighted by molar-refractivity contribution is 0.414. The normalized spacial score (nSPS) is 12.5. The van der Waals surface area contributed by atoms with Crippen molar-refractivity contribution in [2.24, 2.45) is 0 Å². The summed E-state index contributed by atoms with van der Waals surface area (Å²) in [5.74, 6) is 0.930. The van der Waals surface area contributed by atoms with Crippen molar-refractivity contribution in [2.45, 2.75) is 31.0 Å². The van der Waals surface area contributed by atoms with Crippen LogP contribution in [-0.4, -0.2) is 11.9 Å². The van der Waals surface area contributed by atoms with Crippen molar-refractivity contribution in [3.05, 3.63) is 29.8 Å². The summed E-state index contributed by atoms with van der Waals surface area (Å²) in [5.41, 5.74) is 1.38. The maximum absolute atomic E-state index is 5.11. The fourth-order valence-electron chi connectivity index (χ4n) is 1.32. The van der Waals surface area contributed by atoms with Gasteiger partial charge in [-0.25, -0.2) is 0 Å². The van der Waals surface area contributed by atoms with Gasteiger partial charge in [0, 0.05) is 4.83 Å². The minimum atomic E-state index is 0.643. The molecule has 0 aliphatic heterocycles. The Labute approximate surface area is 94.6 Å². The number of methoxy groups -OCH3 is 1. The van der Waals surface area contributed by atoms with E-state index in [0.717, 1.165) is 12.2 Å². The summed E-state index contributed by atoms with van der Waals surface area (Å²) in [6.07, 6.45) is 3.52. The van der Waals surface area contributed by atoms with Gasteiger partial charge < -0.3 is 4.74 Å². The van der Waals surface area contributed by atoms with Gasteiger partial charge in [-0.15, -0.1) is 0 Å². The zero-order valence-electron chi connectivity index (χ0n) is 8.79. The van der Waals surface area contributed by atoms with Crippen molar-refractivity contribution >= 4 is 15.9 Å². The molecular weight excluding hydrogens is 240 g/mol. The third-order valence-corrected chi connectivity index (χ3v) is 3.45. The van der Waals surface area contributed by atoms with Crippen LogP contribution < -0.4 is 4.74 Å². The van der Waals surface area contributed by atoms with Gasteiger partial charge in [0.05, 0.1) is 7.11 Å². The van der Waals surface area contributed by atoms with Gasteiger partial charge in [0.2, 0.25) is 0 Å². The van der Waals surface area contributed by atoms with Crippen molar-refractivity contribution in [3.8, 4) is 5.75 Å². The lowest BCUT2D eigenvalue weighted by Crippen LogP contribution is -1.97. The molecule has 14 heavy (non-hydrogen) atoms. The molecule has 1 rings (SSSR count). The first-order valence-corrected chi connectivity index (χ1v) is 5.94. The minimum absolute atomic E-state index is 0.643. The van der Waals surface area contributed by atoms with E-state index in [1.165, 1.54) is 18.4 Å². The fraction of sp³-hybridized carbons (Fsp3) is 0.500. The highest BCUT2D eigenvalue weighted by atomic mass is 79.9. The van der Waals surface area contributed by atoms with Crippen LogP contribution in [0.3, 0.4) is 0 Å². The van der Waals surface area contributed by atoms with Gasteiger partial charge in [-0.3, -0.25) is 0 Å². The number of halogens is 1. The minimum Gasteiger partial charge on any atom is -0.497 e. The molecular formula is C12H17BrO. The van der Waals surface area contributed by atoms with Crippen LogP contribution in [0.4, 0.5) is 0 Å². The second kappa shape index (κ2) is 6.07. The van der Waals surface area contributed by atoms with E-state index in [0.29, 0.717) is 4.83 Å². The SMILES string of the molecule is CCC(Br)CCc1ccc(OC)cc1. The molecule has 0 N–H and O–H groups in total. The number of rotatable bonds is 5. The largest absolute Gasteiger partial charge is 0.497 e. The van der Waals surface area contributed by atoms with Crippen molar-refractivity contribution < 1.29 is 4.74 Å². The Bertz CT molecular complexity index is 256. The Hall–Kier alpha value is -0.500. The molecule has 0 aliphatic carbocycles. The van der Waals surface area contributed by atoms with E-state index in [-0.39, 0.29) is 0 Å². The molecule has 2 heteroatoms. The number of alkyl halides is 1. The van der Waals surface area contributed by atoms with E-state index < -0.39 is 0 Å². The Morgan fingerprint density at radius 2 is 1.93 bits per heavy atom. The molecule has 0 fully saturated rings. The molecule has 0 bridgehead atoms. The Kier molecular flexibility index (Phi) is 5.02. The number of hydrogen-bond acceptors (Lipinski definition) is 1. The molecule has 0 heterocycles. The van der Waals surface area contributed by atoms with Crippen LogP contribution in [0.25, 0.3) is 0 Å². The number of aryl methyl sites for hydroxylation is 1. The molecule has 1 unspecified atom stereocenters. The summed E-state index contributed by atoms with van der Waals surface area (Å²) in [6.45, 7) is 2.20. The van der Waals surface area contributed by atoms with E-state index in [9.17, 15) is 0 Å². The van der Waals surface area contributed by atoms with Gasteiger partial charge in [0.25, 0.3) is 0 Å². The third-order valence-electron chi connectivity index (χ3n) is 2.35. The average molecular weight is 257 g/mol. The molecule has 0 saturated carbocycles. The van der Waals surface area contributed by atoms with Crippen LogP contribution >= 0.6 is 15.9 Å². The zero-order valence-corrected chi connectivity index (χ0v) is 10.4. The van der Waals surface area contributed by atoms with Crippen LogP contribution in [-0.2, 0) is 6.42 Å². The topological polar surface area (TPSA) is 9.23 Å². The van der Waals surface area contributed by atoms with Crippen molar-refractivity contribution in [1.29, 1.82) is 0 Å². The third kappa shape index (κ3) is 3.70. The van der Waals surface area contributed by atoms with E-state index in [1.807, 2.05) is 12.1 Å². The summed E-state index contributed by atoms with van der Waals surface area (Å²) in [5, 5.41) is 0. The Morgan fingerprint density at radius 3 is 2.43 bits per heavy atom. The molecule has 1 atom stereocenters. The lowest BCUT2D eigenvalue weighted by Gasteiger charge is -2.06. The van der Waals surface area contributed by atoms with Crippen LogP contribution in [0, 0.1) is 0 Å². The van der Waals surface area contributed by atoms with Gasteiger partial charge >= 0.3 is 0 Å². The molecule has 0 spiro atoms. The second-order valence-electron chi connectivity index (χ2n) is 3.39. The molecule has 0 amide bonds.